The van der Waals surface area contributed by atoms with Crippen LogP contribution in [-0.4, -0.2) is 43.6 Å². The number of rotatable bonds is 7. The Morgan fingerprint density at radius 1 is 1.33 bits per heavy atom. The molecule has 1 aromatic carbocycles. The van der Waals surface area contributed by atoms with Gasteiger partial charge in [0.15, 0.2) is 0 Å². The smallest absolute Gasteiger partial charge is 0.222 e. The summed E-state index contributed by atoms with van der Waals surface area (Å²) in [5, 5.41) is 4.42. The molecule has 0 unspecified atom stereocenters. The molecule has 0 radical (unpaired) electrons. The van der Waals surface area contributed by atoms with Crippen molar-refractivity contribution in [2.75, 3.05) is 20.7 Å². The normalized spacial score (nSPS) is 20.7. The molecule has 1 aliphatic rings. The third kappa shape index (κ3) is 5.27. The maximum Gasteiger partial charge on any atom is 0.222 e. The van der Waals surface area contributed by atoms with Gasteiger partial charge in [-0.15, -0.1) is 0 Å². The summed E-state index contributed by atoms with van der Waals surface area (Å²) in [6.45, 7) is 0.459. The minimum absolute atomic E-state index is 0.174. The van der Waals surface area contributed by atoms with Gasteiger partial charge in [0, 0.05) is 30.6 Å². The van der Waals surface area contributed by atoms with Crippen LogP contribution in [0.3, 0.4) is 0 Å². The van der Waals surface area contributed by atoms with Crippen LogP contribution in [0.25, 0.3) is 0 Å². The molecule has 1 amide bonds. The molecule has 0 aliphatic heterocycles. The number of benzene rings is 1. The number of amides is 1. The largest absolute Gasteiger partial charge is 0.492 e. The predicted molar refractivity (Wildman–Crippen MR) is 99.1 cm³/mol. The number of ether oxygens (including phenoxy) is 1. The first-order valence-electron chi connectivity index (χ1n) is 8.53. The van der Waals surface area contributed by atoms with Gasteiger partial charge in [0.1, 0.15) is 5.75 Å². The average molecular weight is 373 g/mol. The van der Waals surface area contributed by atoms with Crippen LogP contribution >= 0.6 is 23.2 Å². The minimum Gasteiger partial charge on any atom is -0.492 e. The topological polar surface area (TPSA) is 41.6 Å². The lowest BCUT2D eigenvalue weighted by atomic mass is 9.89. The van der Waals surface area contributed by atoms with E-state index in [0.29, 0.717) is 47.3 Å². The van der Waals surface area contributed by atoms with Gasteiger partial charge >= 0.3 is 0 Å². The van der Waals surface area contributed by atoms with Crippen LogP contribution in [0, 0.1) is 0 Å². The molecule has 1 N–H and O–H groups in total. The lowest BCUT2D eigenvalue weighted by molar-refractivity contribution is -0.133. The fourth-order valence-electron chi connectivity index (χ4n) is 3.27. The van der Waals surface area contributed by atoms with E-state index in [9.17, 15) is 4.79 Å². The molecule has 2 rings (SSSR count). The van der Waals surface area contributed by atoms with Crippen molar-refractivity contribution in [2.45, 2.75) is 50.6 Å². The van der Waals surface area contributed by atoms with Crippen LogP contribution in [0.4, 0.5) is 0 Å². The quantitative estimate of drug-likeness (QED) is 0.731. The van der Waals surface area contributed by atoms with Crippen LogP contribution in [0.2, 0.25) is 10.0 Å². The molecule has 0 heterocycles. The van der Waals surface area contributed by atoms with Gasteiger partial charge in [0.05, 0.1) is 11.6 Å². The van der Waals surface area contributed by atoms with Crippen molar-refractivity contribution in [3.8, 4) is 5.75 Å². The van der Waals surface area contributed by atoms with E-state index in [1.54, 1.807) is 18.2 Å². The summed E-state index contributed by atoms with van der Waals surface area (Å²) in [6, 6.07) is 5.83. The number of nitrogens with one attached hydrogen (secondary N) is 1. The molecule has 0 spiro atoms. The zero-order valence-electron chi connectivity index (χ0n) is 14.4. The highest BCUT2D eigenvalue weighted by molar-refractivity contribution is 6.35. The summed E-state index contributed by atoms with van der Waals surface area (Å²) in [6.07, 6.45) is 5.79. The summed E-state index contributed by atoms with van der Waals surface area (Å²) in [5.41, 5.74) is 0. The predicted octanol–water partition coefficient (Wildman–Crippen LogP) is 4.14. The maximum absolute atomic E-state index is 12.4. The number of likely N-dealkylation sites (N-methyl/N-ethyl adjacent to an activating group) is 2. The molecule has 2 atom stereocenters. The molecule has 1 saturated carbocycles. The van der Waals surface area contributed by atoms with Gasteiger partial charge < -0.3 is 15.0 Å². The molecule has 0 aromatic heterocycles. The molecule has 24 heavy (non-hydrogen) atoms. The molecule has 0 saturated heterocycles. The second-order valence-corrected chi connectivity index (χ2v) is 7.12. The van der Waals surface area contributed by atoms with Crippen LogP contribution < -0.4 is 10.1 Å². The van der Waals surface area contributed by atoms with Gasteiger partial charge in [-0.25, -0.2) is 0 Å². The van der Waals surface area contributed by atoms with Gasteiger partial charge in [0.2, 0.25) is 5.91 Å². The van der Waals surface area contributed by atoms with E-state index in [4.69, 9.17) is 27.9 Å². The van der Waals surface area contributed by atoms with Gasteiger partial charge in [-0.1, -0.05) is 36.0 Å². The summed E-state index contributed by atoms with van der Waals surface area (Å²) in [5.74, 6) is 0.775. The first kappa shape index (κ1) is 19.4. The van der Waals surface area contributed by atoms with Crippen molar-refractivity contribution in [3.05, 3.63) is 28.2 Å². The van der Waals surface area contributed by atoms with E-state index < -0.39 is 0 Å². The number of halogens is 2. The molecular formula is C18H26Cl2N2O2. The summed E-state index contributed by atoms with van der Waals surface area (Å²) >= 11 is 11.9. The van der Waals surface area contributed by atoms with Gasteiger partial charge in [-0.2, -0.15) is 0 Å². The molecule has 6 heteroatoms. The van der Waals surface area contributed by atoms with Gasteiger partial charge in [-0.05, 0) is 44.5 Å². The molecular weight excluding hydrogens is 347 g/mol. The van der Waals surface area contributed by atoms with Crippen molar-refractivity contribution < 1.29 is 9.53 Å². The van der Waals surface area contributed by atoms with E-state index >= 15 is 0 Å². The molecule has 1 aliphatic carbocycles. The Morgan fingerprint density at radius 3 is 2.79 bits per heavy atom. The first-order valence-corrected chi connectivity index (χ1v) is 9.29. The Morgan fingerprint density at radius 2 is 2.08 bits per heavy atom. The Labute approximate surface area is 154 Å². The SMILES string of the molecule is CN[C@@H]1CCCC[C@H]1N(C)C(=O)CCCOc1ccc(Cl)cc1Cl. The zero-order valence-corrected chi connectivity index (χ0v) is 15.9. The van der Waals surface area contributed by atoms with Crippen LogP contribution in [0.5, 0.6) is 5.75 Å². The number of hydrogen-bond acceptors (Lipinski definition) is 3. The van der Waals surface area contributed by atoms with Gasteiger partial charge in [-0.3, -0.25) is 4.79 Å². The third-order valence-corrected chi connectivity index (χ3v) is 5.21. The number of nitrogens with zero attached hydrogens (tertiary/aromatic N) is 1. The van der Waals surface area contributed by atoms with E-state index in [1.807, 2.05) is 19.0 Å². The van der Waals surface area contributed by atoms with Crippen molar-refractivity contribution >= 4 is 29.1 Å². The molecule has 1 aromatic rings. The number of hydrogen-bond donors (Lipinski definition) is 1. The maximum atomic E-state index is 12.4. The standard InChI is InChI=1S/C18H26Cl2N2O2/c1-21-15-6-3-4-7-16(15)22(2)18(23)8-5-11-24-17-10-9-13(19)12-14(17)20/h9-10,12,15-16,21H,3-8,11H2,1-2H3/t15-,16-/m1/s1. The average Bonchev–Trinajstić information content (AvgIpc) is 2.59. The van der Waals surface area contributed by atoms with Crippen molar-refractivity contribution in [1.29, 1.82) is 0 Å². The summed E-state index contributed by atoms with van der Waals surface area (Å²) in [4.78, 5) is 14.3. The Kier molecular flexibility index (Phi) is 7.66. The highest BCUT2D eigenvalue weighted by Gasteiger charge is 2.29. The highest BCUT2D eigenvalue weighted by atomic mass is 35.5. The Hall–Kier alpha value is -0.970. The van der Waals surface area contributed by atoms with Crippen molar-refractivity contribution in [1.82, 2.24) is 10.2 Å². The van der Waals surface area contributed by atoms with Crippen LogP contribution in [-0.2, 0) is 4.79 Å². The minimum atomic E-state index is 0.174. The van der Waals surface area contributed by atoms with Crippen LogP contribution in [0.1, 0.15) is 38.5 Å². The fourth-order valence-corrected chi connectivity index (χ4v) is 3.73. The Balaban J connectivity index is 1.76. The van der Waals surface area contributed by atoms with E-state index in [1.165, 1.54) is 12.8 Å². The molecule has 4 nitrogen and oxygen atoms in total. The monoisotopic (exact) mass is 372 g/mol. The number of carbonyl (C=O) groups is 1. The van der Waals surface area contributed by atoms with Crippen molar-refractivity contribution in [2.24, 2.45) is 0 Å². The highest BCUT2D eigenvalue weighted by Crippen LogP contribution is 2.27. The second-order valence-electron chi connectivity index (χ2n) is 6.28. The molecule has 0 bridgehead atoms. The lowest BCUT2D eigenvalue weighted by Crippen LogP contribution is -2.51. The summed E-state index contributed by atoms with van der Waals surface area (Å²) < 4.78 is 5.64. The lowest BCUT2D eigenvalue weighted by Gasteiger charge is -2.38. The van der Waals surface area contributed by atoms with E-state index in [2.05, 4.69) is 5.32 Å². The fraction of sp³-hybridized carbons (Fsp3) is 0.611. The zero-order chi connectivity index (χ0) is 17.5. The van der Waals surface area contributed by atoms with E-state index in [0.717, 1.165) is 12.8 Å². The van der Waals surface area contributed by atoms with Gasteiger partial charge in [0.25, 0.3) is 0 Å². The molecule has 1 fully saturated rings. The third-order valence-electron chi connectivity index (χ3n) is 4.68. The van der Waals surface area contributed by atoms with E-state index in [-0.39, 0.29) is 5.91 Å². The van der Waals surface area contributed by atoms with Crippen LogP contribution in [0.15, 0.2) is 18.2 Å². The Bertz CT molecular complexity index is 554. The second kappa shape index (κ2) is 9.50. The number of carbonyl (C=O) groups excluding carboxylic acids is 1. The first-order chi connectivity index (χ1) is 11.5. The summed E-state index contributed by atoms with van der Waals surface area (Å²) in [7, 11) is 3.89. The van der Waals surface area contributed by atoms with Crippen molar-refractivity contribution in [3.63, 3.8) is 0 Å². The molecule has 134 valence electrons.